The fourth-order valence-corrected chi connectivity index (χ4v) is 1.43. The van der Waals surface area contributed by atoms with Gasteiger partial charge in [-0.15, -0.1) is 0 Å². The normalized spacial score (nSPS) is 11.9. The Bertz CT molecular complexity index is 463. The number of phenolic OH excluding ortho intramolecular Hbond substituents is 1. The number of hydrogen-bond donors (Lipinski definition) is 4. The number of hydrogen-bond acceptors (Lipinski definition) is 4. The van der Waals surface area contributed by atoms with Gasteiger partial charge in [-0.2, -0.15) is 0 Å². The first-order chi connectivity index (χ1) is 8.41. The first kappa shape index (κ1) is 14.3. The number of aliphatic hydroxyl groups excluding tert-OH is 1. The van der Waals surface area contributed by atoms with E-state index in [4.69, 9.17) is 21.8 Å². The number of aromatic hydroxyl groups is 1. The van der Waals surface area contributed by atoms with Gasteiger partial charge in [0.1, 0.15) is 5.75 Å². The Balaban J connectivity index is 2.55. The highest BCUT2D eigenvalue weighted by Crippen LogP contribution is 2.20. The van der Waals surface area contributed by atoms with Crippen LogP contribution >= 0.6 is 11.6 Å². The highest BCUT2D eigenvalue weighted by atomic mass is 35.5. The first-order valence-electron chi connectivity index (χ1n) is 5.09. The third kappa shape index (κ3) is 3.90. The summed E-state index contributed by atoms with van der Waals surface area (Å²) < 4.78 is 0. The summed E-state index contributed by atoms with van der Waals surface area (Å²) in [6.07, 6.45) is -1.64. The van der Waals surface area contributed by atoms with Crippen LogP contribution in [0.15, 0.2) is 18.2 Å². The maximum absolute atomic E-state index is 11.6. The highest BCUT2D eigenvalue weighted by molar-refractivity contribution is 6.33. The minimum absolute atomic E-state index is 0.0156. The van der Waals surface area contributed by atoms with Gasteiger partial charge in [0.15, 0.2) is 6.10 Å². The molecule has 0 saturated heterocycles. The summed E-state index contributed by atoms with van der Waals surface area (Å²) in [5.41, 5.74) is 0.0847. The molecular weight excluding hydrogens is 262 g/mol. The molecule has 1 aromatic carbocycles. The maximum atomic E-state index is 11.6. The van der Waals surface area contributed by atoms with E-state index in [0.29, 0.717) is 0 Å². The van der Waals surface area contributed by atoms with Gasteiger partial charge >= 0.3 is 5.97 Å². The number of aliphatic carboxylic acids is 1. The molecule has 1 amide bonds. The van der Waals surface area contributed by atoms with Crippen molar-refractivity contribution >= 4 is 23.5 Å². The molecule has 0 aliphatic heterocycles. The third-order valence-electron chi connectivity index (χ3n) is 2.18. The van der Waals surface area contributed by atoms with Crippen LogP contribution in [-0.2, 0) is 4.79 Å². The van der Waals surface area contributed by atoms with Crippen LogP contribution in [0.1, 0.15) is 16.8 Å². The van der Waals surface area contributed by atoms with Crippen molar-refractivity contribution in [3.63, 3.8) is 0 Å². The summed E-state index contributed by atoms with van der Waals surface area (Å²) in [6.45, 7) is -0.0156. The molecule has 0 spiro atoms. The van der Waals surface area contributed by atoms with Crippen LogP contribution in [-0.4, -0.2) is 39.8 Å². The summed E-state index contributed by atoms with van der Waals surface area (Å²) in [5, 5.41) is 29.2. The molecule has 0 aliphatic carbocycles. The first-order valence-corrected chi connectivity index (χ1v) is 5.47. The van der Waals surface area contributed by atoms with Crippen molar-refractivity contribution in [2.45, 2.75) is 12.5 Å². The Morgan fingerprint density at radius 1 is 1.39 bits per heavy atom. The summed E-state index contributed by atoms with van der Waals surface area (Å²) in [7, 11) is 0. The number of aliphatic hydroxyl groups is 1. The van der Waals surface area contributed by atoms with Gasteiger partial charge in [0, 0.05) is 13.0 Å². The Morgan fingerprint density at radius 2 is 2.06 bits per heavy atom. The molecular formula is C11H12ClNO5. The Labute approximate surface area is 108 Å². The average molecular weight is 274 g/mol. The van der Waals surface area contributed by atoms with Gasteiger partial charge in [0.05, 0.1) is 10.6 Å². The summed E-state index contributed by atoms with van der Waals surface area (Å²) in [6, 6.07) is 3.91. The highest BCUT2D eigenvalue weighted by Gasteiger charge is 2.14. The zero-order valence-corrected chi connectivity index (χ0v) is 10.0. The number of benzene rings is 1. The SMILES string of the molecule is O=C(NCC[C@H](O)C(=O)O)c1cc(O)ccc1Cl. The van der Waals surface area contributed by atoms with Crippen molar-refractivity contribution in [2.24, 2.45) is 0 Å². The fourth-order valence-electron chi connectivity index (χ4n) is 1.23. The second-order valence-electron chi connectivity index (χ2n) is 3.56. The lowest BCUT2D eigenvalue weighted by molar-refractivity contribution is -0.146. The van der Waals surface area contributed by atoms with Gasteiger partial charge < -0.3 is 20.6 Å². The fraction of sp³-hybridized carbons (Fsp3) is 0.273. The van der Waals surface area contributed by atoms with Crippen molar-refractivity contribution in [3.05, 3.63) is 28.8 Å². The molecule has 0 aliphatic rings. The average Bonchev–Trinajstić information content (AvgIpc) is 2.31. The molecule has 1 rings (SSSR count). The number of carbonyl (C=O) groups is 2. The quantitative estimate of drug-likeness (QED) is 0.629. The predicted octanol–water partition coefficient (Wildman–Crippen LogP) is 0.611. The molecule has 0 fully saturated rings. The number of amides is 1. The molecule has 0 bridgehead atoms. The largest absolute Gasteiger partial charge is 0.508 e. The lowest BCUT2D eigenvalue weighted by atomic mass is 10.2. The van der Waals surface area contributed by atoms with Gasteiger partial charge in [0.25, 0.3) is 5.91 Å². The van der Waals surface area contributed by atoms with Crippen LogP contribution < -0.4 is 5.32 Å². The summed E-state index contributed by atoms with van der Waals surface area (Å²) in [4.78, 5) is 22.0. The molecule has 18 heavy (non-hydrogen) atoms. The molecule has 1 atom stereocenters. The van der Waals surface area contributed by atoms with E-state index in [1.54, 1.807) is 0 Å². The smallest absolute Gasteiger partial charge is 0.332 e. The zero-order valence-electron chi connectivity index (χ0n) is 9.26. The Kier molecular flexibility index (Phi) is 4.94. The Hall–Kier alpha value is -1.79. The molecule has 6 nitrogen and oxygen atoms in total. The number of carboxylic acids is 1. The van der Waals surface area contributed by atoms with Crippen molar-refractivity contribution in [3.8, 4) is 5.75 Å². The van der Waals surface area contributed by atoms with Crippen molar-refractivity contribution in [2.75, 3.05) is 6.54 Å². The molecule has 0 unspecified atom stereocenters. The molecule has 0 saturated carbocycles. The van der Waals surface area contributed by atoms with Gasteiger partial charge in [-0.05, 0) is 18.2 Å². The number of nitrogens with one attached hydrogen (secondary N) is 1. The van der Waals surface area contributed by atoms with Crippen LogP contribution in [0.2, 0.25) is 5.02 Å². The number of carboxylic acid groups (broad SMARTS) is 1. The number of carbonyl (C=O) groups excluding carboxylic acids is 1. The zero-order chi connectivity index (χ0) is 13.7. The van der Waals surface area contributed by atoms with Crippen LogP contribution in [0, 0.1) is 0 Å². The lowest BCUT2D eigenvalue weighted by Crippen LogP contribution is -2.30. The topological polar surface area (TPSA) is 107 Å². The number of halogens is 1. The van der Waals surface area contributed by atoms with Crippen LogP contribution in [0.25, 0.3) is 0 Å². The molecule has 7 heteroatoms. The molecule has 98 valence electrons. The van der Waals surface area contributed by atoms with E-state index in [-0.39, 0.29) is 29.3 Å². The van der Waals surface area contributed by atoms with E-state index in [9.17, 15) is 14.7 Å². The van der Waals surface area contributed by atoms with Crippen LogP contribution in [0.3, 0.4) is 0 Å². The minimum Gasteiger partial charge on any atom is -0.508 e. The third-order valence-corrected chi connectivity index (χ3v) is 2.51. The van der Waals surface area contributed by atoms with E-state index in [1.807, 2.05) is 0 Å². The molecule has 4 N–H and O–H groups in total. The summed E-state index contributed by atoms with van der Waals surface area (Å²) in [5.74, 6) is -2.00. The second kappa shape index (κ2) is 6.23. The van der Waals surface area contributed by atoms with Crippen molar-refractivity contribution < 1.29 is 24.9 Å². The Morgan fingerprint density at radius 3 is 2.67 bits per heavy atom. The molecule has 0 heterocycles. The maximum Gasteiger partial charge on any atom is 0.332 e. The minimum atomic E-state index is -1.52. The van der Waals surface area contributed by atoms with Gasteiger partial charge in [0.2, 0.25) is 0 Å². The van der Waals surface area contributed by atoms with E-state index in [1.165, 1.54) is 18.2 Å². The van der Waals surface area contributed by atoms with Crippen LogP contribution in [0.4, 0.5) is 0 Å². The van der Waals surface area contributed by atoms with Crippen molar-refractivity contribution in [1.29, 1.82) is 0 Å². The second-order valence-corrected chi connectivity index (χ2v) is 3.97. The van der Waals surface area contributed by atoms with Gasteiger partial charge in [-0.1, -0.05) is 11.6 Å². The van der Waals surface area contributed by atoms with Crippen LogP contribution in [0.5, 0.6) is 5.75 Å². The lowest BCUT2D eigenvalue weighted by Gasteiger charge is -2.08. The van der Waals surface area contributed by atoms with E-state index < -0.39 is 18.0 Å². The van der Waals surface area contributed by atoms with E-state index >= 15 is 0 Å². The van der Waals surface area contributed by atoms with Gasteiger partial charge in [-0.3, -0.25) is 4.79 Å². The standard InChI is InChI=1S/C11H12ClNO5/c12-8-2-1-6(14)5-7(8)10(16)13-4-3-9(15)11(17)18/h1-2,5,9,14-15H,3-4H2,(H,13,16)(H,17,18)/t9-/m0/s1. The molecule has 0 radical (unpaired) electrons. The number of rotatable bonds is 5. The van der Waals surface area contributed by atoms with Crippen molar-refractivity contribution in [1.82, 2.24) is 5.32 Å². The number of phenols is 1. The summed E-state index contributed by atoms with van der Waals surface area (Å²) >= 11 is 5.77. The monoisotopic (exact) mass is 273 g/mol. The predicted molar refractivity (Wildman–Crippen MR) is 63.7 cm³/mol. The van der Waals surface area contributed by atoms with Gasteiger partial charge in [-0.25, -0.2) is 4.79 Å². The molecule has 0 aromatic heterocycles. The molecule has 1 aromatic rings. The van der Waals surface area contributed by atoms with E-state index in [2.05, 4.69) is 5.32 Å². The van der Waals surface area contributed by atoms with E-state index in [0.717, 1.165) is 0 Å².